The normalized spacial score (nSPS) is 22.0. The Morgan fingerprint density at radius 1 is 1.29 bits per heavy atom. The van der Waals surface area contributed by atoms with Gasteiger partial charge in [-0.1, -0.05) is 19.1 Å². The number of amides is 2. The van der Waals surface area contributed by atoms with E-state index in [0.717, 1.165) is 12.8 Å². The number of nitrogens with zero attached hydrogens (tertiary/aromatic N) is 1. The van der Waals surface area contributed by atoms with Crippen LogP contribution < -0.4 is 5.32 Å². The highest BCUT2D eigenvalue weighted by Gasteiger charge is 2.27. The number of likely N-dealkylation sites (tertiary alicyclic amines) is 1. The summed E-state index contributed by atoms with van der Waals surface area (Å²) in [6, 6.07) is 5.07. The largest absolute Gasteiger partial charge is 0.478 e. The van der Waals surface area contributed by atoms with E-state index < -0.39 is 5.97 Å². The predicted octanol–water partition coefficient (Wildman–Crippen LogP) is 3.35. The Morgan fingerprint density at radius 3 is 2.67 bits per heavy atom. The lowest BCUT2D eigenvalue weighted by Gasteiger charge is -2.36. The Bertz CT molecular complexity index is 556. The van der Waals surface area contributed by atoms with Crippen LogP contribution in [0.1, 0.15) is 42.6 Å². The molecule has 1 aromatic carbocycles. The molecule has 0 spiro atoms. The summed E-state index contributed by atoms with van der Waals surface area (Å²) in [6.45, 7) is 6.59. The first-order valence-corrected chi connectivity index (χ1v) is 7.30. The summed E-state index contributed by atoms with van der Waals surface area (Å²) >= 11 is 0. The Morgan fingerprint density at radius 2 is 2.00 bits per heavy atom. The van der Waals surface area contributed by atoms with Gasteiger partial charge in [-0.3, -0.25) is 0 Å². The van der Waals surface area contributed by atoms with Gasteiger partial charge in [0.1, 0.15) is 0 Å². The Labute approximate surface area is 125 Å². The highest BCUT2D eigenvalue weighted by atomic mass is 16.4. The average Bonchev–Trinajstić information content (AvgIpc) is 2.41. The van der Waals surface area contributed by atoms with Crippen molar-refractivity contribution in [2.24, 2.45) is 5.92 Å². The van der Waals surface area contributed by atoms with Gasteiger partial charge in [0.2, 0.25) is 0 Å². The predicted molar refractivity (Wildman–Crippen MR) is 81.7 cm³/mol. The number of hydrogen-bond donors (Lipinski definition) is 2. The summed E-state index contributed by atoms with van der Waals surface area (Å²) in [5.41, 5.74) is 1.15. The van der Waals surface area contributed by atoms with E-state index in [0.29, 0.717) is 23.7 Å². The fourth-order valence-corrected chi connectivity index (χ4v) is 2.81. The zero-order valence-corrected chi connectivity index (χ0v) is 12.7. The molecule has 1 aliphatic heterocycles. The van der Waals surface area contributed by atoms with Gasteiger partial charge in [-0.15, -0.1) is 0 Å². The molecule has 0 bridgehead atoms. The van der Waals surface area contributed by atoms with Crippen LogP contribution in [0.4, 0.5) is 10.5 Å². The lowest BCUT2D eigenvalue weighted by atomic mass is 9.95. The average molecular weight is 290 g/mol. The van der Waals surface area contributed by atoms with Crippen molar-refractivity contribution in [3.8, 4) is 0 Å². The van der Waals surface area contributed by atoms with Gasteiger partial charge in [-0.05, 0) is 44.2 Å². The van der Waals surface area contributed by atoms with Gasteiger partial charge in [0.05, 0.1) is 11.3 Å². The Hall–Kier alpha value is -2.04. The maximum absolute atomic E-state index is 12.4. The van der Waals surface area contributed by atoms with Crippen LogP contribution in [0.2, 0.25) is 0 Å². The molecule has 0 radical (unpaired) electrons. The monoisotopic (exact) mass is 290 g/mol. The molecule has 1 aromatic rings. The van der Waals surface area contributed by atoms with Gasteiger partial charge in [0.15, 0.2) is 0 Å². The van der Waals surface area contributed by atoms with Crippen molar-refractivity contribution >= 4 is 17.7 Å². The Kier molecular flexibility index (Phi) is 4.50. The lowest BCUT2D eigenvalue weighted by molar-refractivity contribution is 0.0697. The molecule has 2 atom stereocenters. The number of aryl methyl sites for hydroxylation is 1. The van der Waals surface area contributed by atoms with Crippen LogP contribution in [-0.2, 0) is 0 Å². The molecule has 2 amide bonds. The zero-order chi connectivity index (χ0) is 15.6. The first-order chi connectivity index (χ1) is 9.90. The maximum Gasteiger partial charge on any atom is 0.338 e. The first kappa shape index (κ1) is 15.4. The van der Waals surface area contributed by atoms with Crippen LogP contribution in [0.25, 0.3) is 0 Å². The van der Waals surface area contributed by atoms with Gasteiger partial charge in [-0.25, -0.2) is 9.59 Å². The molecule has 2 rings (SSSR count). The molecule has 0 aromatic heterocycles. The molecular formula is C16H22N2O3. The van der Waals surface area contributed by atoms with E-state index in [-0.39, 0.29) is 17.6 Å². The second kappa shape index (κ2) is 6.16. The second-order valence-electron chi connectivity index (χ2n) is 5.92. The summed E-state index contributed by atoms with van der Waals surface area (Å²) in [7, 11) is 0. The van der Waals surface area contributed by atoms with Gasteiger partial charge in [0, 0.05) is 12.6 Å². The molecule has 0 saturated carbocycles. The van der Waals surface area contributed by atoms with Crippen molar-refractivity contribution in [3.63, 3.8) is 0 Å². The maximum atomic E-state index is 12.4. The third kappa shape index (κ3) is 3.35. The highest BCUT2D eigenvalue weighted by molar-refractivity contribution is 6.01. The van der Waals surface area contributed by atoms with Crippen LogP contribution in [0, 0.1) is 12.8 Å². The van der Waals surface area contributed by atoms with Crippen molar-refractivity contribution in [2.45, 2.75) is 39.7 Å². The van der Waals surface area contributed by atoms with Crippen LogP contribution in [-0.4, -0.2) is 34.6 Å². The number of carbonyl (C=O) groups excluding carboxylic acids is 1. The molecule has 5 heteroatoms. The molecule has 2 unspecified atom stereocenters. The van der Waals surface area contributed by atoms with E-state index in [4.69, 9.17) is 0 Å². The Balaban J connectivity index is 2.20. The van der Waals surface area contributed by atoms with Crippen LogP contribution in [0.5, 0.6) is 0 Å². The lowest BCUT2D eigenvalue weighted by Crippen LogP contribution is -2.47. The van der Waals surface area contributed by atoms with Crippen molar-refractivity contribution in [2.75, 3.05) is 11.9 Å². The first-order valence-electron chi connectivity index (χ1n) is 7.30. The number of benzene rings is 1. The van der Waals surface area contributed by atoms with Gasteiger partial charge in [-0.2, -0.15) is 0 Å². The molecule has 114 valence electrons. The zero-order valence-electron chi connectivity index (χ0n) is 12.7. The number of aromatic carboxylic acids is 1. The smallest absolute Gasteiger partial charge is 0.338 e. The van der Waals surface area contributed by atoms with E-state index in [1.165, 1.54) is 0 Å². The van der Waals surface area contributed by atoms with Crippen molar-refractivity contribution in [1.29, 1.82) is 0 Å². The number of rotatable bonds is 2. The number of nitrogens with one attached hydrogen (secondary N) is 1. The molecule has 1 aliphatic rings. The molecule has 1 fully saturated rings. The van der Waals surface area contributed by atoms with Crippen LogP contribution in [0.3, 0.4) is 0 Å². The number of hydrogen-bond acceptors (Lipinski definition) is 2. The van der Waals surface area contributed by atoms with Crippen LogP contribution >= 0.6 is 0 Å². The minimum absolute atomic E-state index is 0.156. The number of carboxylic acids is 1. The van der Waals surface area contributed by atoms with Gasteiger partial charge < -0.3 is 15.3 Å². The number of anilines is 1. The summed E-state index contributed by atoms with van der Waals surface area (Å²) in [6.07, 6.45) is 2.10. The fraction of sp³-hybridized carbons (Fsp3) is 0.500. The highest BCUT2D eigenvalue weighted by Crippen LogP contribution is 2.24. The van der Waals surface area contributed by atoms with Crippen molar-refractivity contribution < 1.29 is 14.7 Å². The van der Waals surface area contributed by atoms with E-state index in [2.05, 4.69) is 12.2 Å². The molecule has 2 N–H and O–H groups in total. The molecule has 1 heterocycles. The molecule has 1 saturated heterocycles. The molecular weight excluding hydrogens is 268 g/mol. The minimum atomic E-state index is -1.02. The standard InChI is InChI=1S/C16H22N2O3/c1-10-7-8-12(3)18(9-10)16(21)17-13-6-4-5-11(2)14(13)15(19)20/h4-6,10,12H,7-9H2,1-3H3,(H,17,21)(H,19,20). The summed E-state index contributed by atoms with van der Waals surface area (Å²) in [5.74, 6) is -0.549. The number of piperidine rings is 1. The van der Waals surface area contributed by atoms with E-state index in [1.54, 1.807) is 30.0 Å². The summed E-state index contributed by atoms with van der Waals surface area (Å²) < 4.78 is 0. The third-order valence-corrected chi connectivity index (χ3v) is 4.11. The van der Waals surface area contributed by atoms with E-state index in [1.807, 2.05) is 6.92 Å². The summed E-state index contributed by atoms with van der Waals surface area (Å²) in [4.78, 5) is 25.6. The molecule has 21 heavy (non-hydrogen) atoms. The fourth-order valence-electron chi connectivity index (χ4n) is 2.81. The van der Waals surface area contributed by atoms with Crippen molar-refractivity contribution in [3.05, 3.63) is 29.3 Å². The quantitative estimate of drug-likeness (QED) is 0.877. The SMILES string of the molecule is Cc1cccc(NC(=O)N2CC(C)CCC2C)c1C(=O)O. The topological polar surface area (TPSA) is 69.6 Å². The molecule has 5 nitrogen and oxygen atoms in total. The van der Waals surface area contributed by atoms with E-state index in [9.17, 15) is 14.7 Å². The number of urea groups is 1. The molecule has 0 aliphatic carbocycles. The third-order valence-electron chi connectivity index (χ3n) is 4.11. The summed E-state index contributed by atoms with van der Waals surface area (Å²) in [5, 5.41) is 12.1. The second-order valence-corrected chi connectivity index (χ2v) is 5.92. The van der Waals surface area contributed by atoms with Gasteiger partial charge in [0.25, 0.3) is 0 Å². The van der Waals surface area contributed by atoms with Crippen molar-refractivity contribution in [1.82, 2.24) is 4.90 Å². The minimum Gasteiger partial charge on any atom is -0.478 e. The van der Waals surface area contributed by atoms with Crippen LogP contribution in [0.15, 0.2) is 18.2 Å². The van der Waals surface area contributed by atoms with E-state index >= 15 is 0 Å². The van der Waals surface area contributed by atoms with Gasteiger partial charge >= 0.3 is 12.0 Å². The number of carbonyl (C=O) groups is 2. The number of carboxylic acid groups (broad SMARTS) is 1.